The minimum absolute atomic E-state index is 0.412. The van der Waals surface area contributed by atoms with Gasteiger partial charge in [0.2, 0.25) is 5.95 Å². The molecule has 1 aliphatic heterocycles. The summed E-state index contributed by atoms with van der Waals surface area (Å²) in [4.78, 5) is 11.8. The van der Waals surface area contributed by atoms with Gasteiger partial charge in [0.15, 0.2) is 0 Å². The lowest BCUT2D eigenvalue weighted by Gasteiger charge is -2.39. The summed E-state index contributed by atoms with van der Waals surface area (Å²) in [5, 5.41) is 13.4. The largest absolute Gasteiger partial charge is 0.371 e. The predicted octanol–water partition coefficient (Wildman–Crippen LogP) is 6.95. The lowest BCUT2D eigenvalue weighted by molar-refractivity contribution is 0.247. The number of nitrogens with one attached hydrogen (secondary N) is 1. The zero-order valence-corrected chi connectivity index (χ0v) is 20.8. The van der Waals surface area contributed by atoms with E-state index in [1.807, 2.05) is 48.7 Å². The van der Waals surface area contributed by atoms with E-state index < -0.39 is 0 Å². The molecule has 1 aromatic heterocycles. The van der Waals surface area contributed by atoms with Gasteiger partial charge in [0, 0.05) is 36.6 Å². The molecule has 0 unspecified atom stereocenters. The van der Waals surface area contributed by atoms with Gasteiger partial charge in [0.25, 0.3) is 0 Å². The summed E-state index contributed by atoms with van der Waals surface area (Å²) < 4.78 is 0. The monoisotopic (exact) mass is 485 g/mol. The van der Waals surface area contributed by atoms with Crippen LogP contribution in [0.15, 0.2) is 60.8 Å². The highest BCUT2D eigenvalue weighted by atomic mass is 35.5. The van der Waals surface area contributed by atoms with Crippen LogP contribution in [0.25, 0.3) is 11.3 Å². The van der Waals surface area contributed by atoms with Crippen LogP contribution in [0.3, 0.4) is 0 Å². The molecular formula is C29H32ClN5. The first-order chi connectivity index (χ1) is 17.2. The van der Waals surface area contributed by atoms with Crippen molar-refractivity contribution in [2.45, 2.75) is 51.0 Å². The highest BCUT2D eigenvalue weighted by Gasteiger charge is 2.30. The SMILES string of the molecule is N#Cc1ccc(N2CCC[C@H](C[C@@H]3CCCC[C@H]3Nc3nccc(-c4ccccc4)n3)C2)cc1Cl. The minimum Gasteiger partial charge on any atom is -0.371 e. The van der Waals surface area contributed by atoms with Gasteiger partial charge in [-0.1, -0.05) is 54.8 Å². The fourth-order valence-corrected chi connectivity index (χ4v) is 5.97. The van der Waals surface area contributed by atoms with Gasteiger partial charge in [-0.25, -0.2) is 9.97 Å². The van der Waals surface area contributed by atoms with Crippen molar-refractivity contribution < 1.29 is 0 Å². The fourth-order valence-electron chi connectivity index (χ4n) is 5.76. The Labute approximate surface area is 213 Å². The standard InChI is InChI=1S/C29H32ClN5/c30-26-18-25(13-12-24(26)19-31)35-16-6-7-21(20-35)17-23-10-4-5-11-27(23)33-29-32-15-14-28(34-29)22-8-2-1-3-9-22/h1-3,8-9,12-15,18,21,23,27H,4-7,10-11,16-17,20H2,(H,32,33,34)/t21-,23+,27-/m1/s1. The maximum atomic E-state index is 9.18. The van der Waals surface area contributed by atoms with Crippen LogP contribution >= 0.6 is 11.6 Å². The second-order valence-corrected chi connectivity index (χ2v) is 10.3. The summed E-state index contributed by atoms with van der Waals surface area (Å²) in [6.45, 7) is 2.09. The smallest absolute Gasteiger partial charge is 0.223 e. The summed E-state index contributed by atoms with van der Waals surface area (Å²) in [5.41, 5.74) is 3.74. The quantitative estimate of drug-likeness (QED) is 0.409. The van der Waals surface area contributed by atoms with Crippen LogP contribution in [-0.4, -0.2) is 29.1 Å². The molecule has 35 heavy (non-hydrogen) atoms. The van der Waals surface area contributed by atoms with Crippen molar-refractivity contribution in [1.29, 1.82) is 5.26 Å². The normalized spacial score (nSPS) is 22.4. The predicted molar refractivity (Wildman–Crippen MR) is 143 cm³/mol. The molecule has 2 aliphatic rings. The molecule has 1 aliphatic carbocycles. The van der Waals surface area contributed by atoms with E-state index in [4.69, 9.17) is 16.6 Å². The molecular weight excluding hydrogens is 454 g/mol. The number of piperidine rings is 1. The van der Waals surface area contributed by atoms with Gasteiger partial charge in [0.1, 0.15) is 6.07 Å². The van der Waals surface area contributed by atoms with Gasteiger partial charge in [0.05, 0.1) is 16.3 Å². The van der Waals surface area contributed by atoms with Crippen molar-refractivity contribution in [2.75, 3.05) is 23.3 Å². The molecule has 0 amide bonds. The fraction of sp³-hybridized carbons (Fsp3) is 0.414. The van der Waals surface area contributed by atoms with Crippen molar-refractivity contribution in [3.05, 3.63) is 71.4 Å². The van der Waals surface area contributed by atoms with Gasteiger partial charge < -0.3 is 10.2 Å². The van der Waals surface area contributed by atoms with E-state index in [9.17, 15) is 5.26 Å². The molecule has 2 fully saturated rings. The number of anilines is 2. The molecule has 0 spiro atoms. The first kappa shape index (κ1) is 23.6. The van der Waals surface area contributed by atoms with E-state index in [1.165, 1.54) is 44.9 Å². The molecule has 6 heteroatoms. The number of rotatable bonds is 6. The van der Waals surface area contributed by atoms with Crippen LogP contribution in [-0.2, 0) is 0 Å². The maximum Gasteiger partial charge on any atom is 0.223 e. The van der Waals surface area contributed by atoms with Gasteiger partial charge in [-0.15, -0.1) is 0 Å². The van der Waals surface area contributed by atoms with Gasteiger partial charge in [-0.05, 0) is 68.2 Å². The van der Waals surface area contributed by atoms with Crippen molar-refractivity contribution in [2.24, 2.45) is 11.8 Å². The Morgan fingerprint density at radius 1 is 1.03 bits per heavy atom. The second-order valence-electron chi connectivity index (χ2n) is 9.89. The zero-order chi connectivity index (χ0) is 24.0. The van der Waals surface area contributed by atoms with E-state index in [-0.39, 0.29) is 0 Å². The van der Waals surface area contributed by atoms with E-state index >= 15 is 0 Å². The van der Waals surface area contributed by atoms with E-state index in [0.29, 0.717) is 28.5 Å². The van der Waals surface area contributed by atoms with Crippen molar-refractivity contribution in [1.82, 2.24) is 9.97 Å². The summed E-state index contributed by atoms with van der Waals surface area (Å²) in [5.74, 6) is 2.02. The molecule has 5 nitrogen and oxygen atoms in total. The van der Waals surface area contributed by atoms with Crippen molar-refractivity contribution in [3.8, 4) is 17.3 Å². The molecule has 1 saturated heterocycles. The third kappa shape index (κ3) is 5.77. The first-order valence-corrected chi connectivity index (χ1v) is 13.2. The number of benzene rings is 2. The highest BCUT2D eigenvalue weighted by Crippen LogP contribution is 2.35. The summed E-state index contributed by atoms with van der Waals surface area (Å²) >= 11 is 6.32. The number of nitrogens with zero attached hydrogens (tertiary/aromatic N) is 4. The van der Waals surface area contributed by atoms with Crippen LogP contribution in [0.2, 0.25) is 5.02 Å². The molecule has 180 valence electrons. The Kier molecular flexibility index (Phi) is 7.49. The molecule has 1 saturated carbocycles. The van der Waals surface area contributed by atoms with Crippen molar-refractivity contribution in [3.63, 3.8) is 0 Å². The number of hydrogen-bond donors (Lipinski definition) is 1. The number of hydrogen-bond acceptors (Lipinski definition) is 5. The first-order valence-electron chi connectivity index (χ1n) is 12.8. The van der Waals surface area contributed by atoms with Gasteiger partial charge >= 0.3 is 0 Å². The molecule has 3 aromatic rings. The lowest BCUT2D eigenvalue weighted by Crippen LogP contribution is -2.39. The number of aromatic nitrogens is 2. The van der Waals surface area contributed by atoms with E-state index in [1.54, 1.807) is 0 Å². The summed E-state index contributed by atoms with van der Waals surface area (Å²) in [6.07, 6.45) is 10.5. The molecule has 3 atom stereocenters. The Morgan fingerprint density at radius 2 is 1.89 bits per heavy atom. The Balaban J connectivity index is 1.25. The number of halogens is 1. The van der Waals surface area contributed by atoms with Gasteiger partial charge in [-0.2, -0.15) is 5.26 Å². The molecule has 0 radical (unpaired) electrons. The van der Waals surface area contributed by atoms with Crippen LogP contribution < -0.4 is 10.2 Å². The Morgan fingerprint density at radius 3 is 2.71 bits per heavy atom. The summed E-state index contributed by atoms with van der Waals surface area (Å²) in [6, 6.07) is 20.7. The Hall–Kier alpha value is -3.10. The van der Waals surface area contributed by atoms with Crippen LogP contribution in [0.4, 0.5) is 11.6 Å². The van der Waals surface area contributed by atoms with Gasteiger partial charge in [-0.3, -0.25) is 0 Å². The molecule has 2 heterocycles. The van der Waals surface area contributed by atoms with Crippen molar-refractivity contribution >= 4 is 23.2 Å². The Bertz CT molecular complexity index is 1180. The summed E-state index contributed by atoms with van der Waals surface area (Å²) in [7, 11) is 0. The average Bonchev–Trinajstić information content (AvgIpc) is 2.91. The molecule has 0 bridgehead atoms. The van der Waals surface area contributed by atoms with Crippen LogP contribution in [0.5, 0.6) is 0 Å². The van der Waals surface area contributed by atoms with E-state index in [2.05, 4.69) is 33.4 Å². The molecule has 2 aromatic carbocycles. The van der Waals surface area contributed by atoms with Crippen LogP contribution in [0.1, 0.15) is 50.5 Å². The maximum absolute atomic E-state index is 9.18. The third-order valence-corrected chi connectivity index (χ3v) is 7.85. The average molecular weight is 486 g/mol. The molecule has 5 rings (SSSR count). The highest BCUT2D eigenvalue weighted by molar-refractivity contribution is 6.32. The zero-order valence-electron chi connectivity index (χ0n) is 20.0. The second kappa shape index (κ2) is 11.1. The van der Waals surface area contributed by atoms with E-state index in [0.717, 1.165) is 36.0 Å². The lowest BCUT2D eigenvalue weighted by atomic mass is 9.77. The molecule has 1 N–H and O–H groups in total. The third-order valence-electron chi connectivity index (χ3n) is 7.54. The van der Waals surface area contributed by atoms with Crippen LogP contribution in [0, 0.1) is 23.2 Å². The topological polar surface area (TPSA) is 64.8 Å². The number of nitriles is 1. The minimum atomic E-state index is 0.412.